The van der Waals surface area contributed by atoms with Crippen LogP contribution in [0.1, 0.15) is 34.7 Å². The number of likely N-dealkylation sites (tertiary alicyclic amines) is 1. The number of imidazole rings is 1. The van der Waals surface area contributed by atoms with E-state index in [4.69, 9.17) is 23.2 Å². The monoisotopic (exact) mass is 398 g/mol. The Morgan fingerprint density at radius 3 is 2.54 bits per heavy atom. The fourth-order valence-corrected chi connectivity index (χ4v) is 3.60. The van der Waals surface area contributed by atoms with Gasteiger partial charge in [-0.2, -0.15) is 0 Å². The van der Waals surface area contributed by atoms with Crippen molar-refractivity contribution in [3.63, 3.8) is 0 Å². The molecule has 1 aromatic heterocycles. The minimum Gasteiger partial charge on any atom is -0.349 e. The van der Waals surface area contributed by atoms with Gasteiger partial charge in [0.25, 0.3) is 5.91 Å². The quantitative estimate of drug-likeness (QED) is 0.805. The zero-order valence-corrected chi connectivity index (χ0v) is 16.0. The Kier molecular flexibility index (Phi) is 5.85. The molecule has 0 unspecified atom stereocenters. The summed E-state index contributed by atoms with van der Waals surface area (Å²) in [5.74, 6) is 0.514. The number of H-pyrrole nitrogens is 1. The third-order valence-electron chi connectivity index (χ3n) is 4.58. The highest BCUT2D eigenvalue weighted by molar-refractivity contribution is 6.35. The number of halogens is 3. The van der Waals surface area contributed by atoms with E-state index in [1.54, 1.807) is 6.07 Å². The number of hydrogen-bond donors (Lipinski definition) is 2. The molecule has 0 atom stereocenters. The van der Waals surface area contributed by atoms with E-state index in [0.717, 1.165) is 11.5 Å². The summed E-state index contributed by atoms with van der Waals surface area (Å²) >= 11 is 11.8. The van der Waals surface area contributed by atoms with E-state index in [1.807, 2.05) is 13.1 Å². The lowest BCUT2D eigenvalue weighted by atomic mass is 9.93. The number of amides is 1. The zero-order valence-electron chi connectivity index (χ0n) is 14.5. The molecule has 2 heterocycles. The summed E-state index contributed by atoms with van der Waals surface area (Å²) in [4.78, 5) is 21.9. The van der Waals surface area contributed by atoms with E-state index in [1.165, 1.54) is 12.1 Å². The van der Waals surface area contributed by atoms with E-state index >= 15 is 4.39 Å². The summed E-state index contributed by atoms with van der Waals surface area (Å²) in [6.45, 7) is 3.82. The van der Waals surface area contributed by atoms with Gasteiger partial charge in [0.05, 0.1) is 18.8 Å². The number of aromatic nitrogens is 2. The first-order chi connectivity index (χ1) is 12.3. The third-order valence-corrected chi connectivity index (χ3v) is 5.01. The molecule has 1 aromatic carbocycles. The smallest absolute Gasteiger partial charge is 0.251 e. The van der Waals surface area contributed by atoms with Gasteiger partial charge in [-0.1, -0.05) is 23.2 Å². The Labute approximate surface area is 161 Å². The first kappa shape index (κ1) is 19.1. The second kappa shape index (κ2) is 7.94. The highest BCUT2D eigenvalue weighted by Crippen LogP contribution is 2.27. The summed E-state index contributed by atoms with van der Waals surface area (Å²) in [5.41, 5.74) is -0.134. The summed E-state index contributed by atoms with van der Waals surface area (Å²) in [6, 6.07) is 4.58. The molecule has 3 rings (SSSR count). The van der Waals surface area contributed by atoms with E-state index in [0.29, 0.717) is 48.1 Å². The second-order valence-electron chi connectivity index (χ2n) is 6.76. The first-order valence-corrected chi connectivity index (χ1v) is 9.25. The van der Waals surface area contributed by atoms with Gasteiger partial charge in [0.15, 0.2) is 0 Å². The van der Waals surface area contributed by atoms with Crippen LogP contribution < -0.4 is 5.32 Å². The Morgan fingerprint density at radius 1 is 1.31 bits per heavy atom. The van der Waals surface area contributed by atoms with Crippen molar-refractivity contribution in [3.05, 3.63) is 51.5 Å². The molecule has 140 valence electrons. The largest absolute Gasteiger partial charge is 0.349 e. The van der Waals surface area contributed by atoms with Crippen LogP contribution >= 0.6 is 23.2 Å². The van der Waals surface area contributed by atoms with Gasteiger partial charge in [-0.15, -0.1) is 0 Å². The summed E-state index contributed by atoms with van der Waals surface area (Å²) < 4.78 is 15.0. The first-order valence-electron chi connectivity index (χ1n) is 8.49. The lowest BCUT2D eigenvalue weighted by molar-refractivity contribution is 0.0509. The predicted octanol–water partition coefficient (Wildman–Crippen LogP) is 3.76. The molecule has 1 fully saturated rings. The number of hydrogen-bond acceptors (Lipinski definition) is 3. The maximum absolute atomic E-state index is 15.0. The van der Waals surface area contributed by atoms with E-state index < -0.39 is 5.67 Å². The number of aromatic amines is 1. The number of carbonyl (C=O) groups excluding carboxylic acids is 1. The number of piperidine rings is 1. The fourth-order valence-electron chi connectivity index (χ4n) is 3.07. The van der Waals surface area contributed by atoms with E-state index in [2.05, 4.69) is 20.2 Å². The molecule has 1 aliphatic heterocycles. The van der Waals surface area contributed by atoms with Crippen LogP contribution in [0.25, 0.3) is 0 Å². The molecule has 0 aliphatic carbocycles. The van der Waals surface area contributed by atoms with Crippen molar-refractivity contribution in [2.75, 3.05) is 19.6 Å². The summed E-state index contributed by atoms with van der Waals surface area (Å²) in [7, 11) is 0. The number of rotatable bonds is 5. The Balaban J connectivity index is 1.50. The molecule has 26 heavy (non-hydrogen) atoms. The number of aryl methyl sites for hydroxylation is 1. The van der Waals surface area contributed by atoms with Gasteiger partial charge in [-0.3, -0.25) is 9.69 Å². The number of alkyl halides is 1. The van der Waals surface area contributed by atoms with Crippen LogP contribution in [0.5, 0.6) is 0 Å². The van der Waals surface area contributed by atoms with Crippen LogP contribution in [0, 0.1) is 6.92 Å². The average Bonchev–Trinajstić information content (AvgIpc) is 2.99. The van der Waals surface area contributed by atoms with Crippen LogP contribution in [0.3, 0.4) is 0 Å². The van der Waals surface area contributed by atoms with Crippen LogP contribution in [-0.2, 0) is 6.54 Å². The lowest BCUT2D eigenvalue weighted by Crippen LogP contribution is -2.48. The number of carbonyl (C=O) groups is 1. The van der Waals surface area contributed by atoms with Crippen LogP contribution in [0.15, 0.2) is 24.4 Å². The van der Waals surface area contributed by atoms with Gasteiger partial charge in [0, 0.05) is 34.9 Å². The van der Waals surface area contributed by atoms with E-state index in [-0.39, 0.29) is 12.5 Å². The second-order valence-corrected chi connectivity index (χ2v) is 7.63. The molecule has 0 spiro atoms. The predicted molar refractivity (Wildman–Crippen MR) is 100 cm³/mol. The Hall–Kier alpha value is -1.63. The van der Waals surface area contributed by atoms with Crippen molar-refractivity contribution in [2.45, 2.75) is 32.0 Å². The topological polar surface area (TPSA) is 61.0 Å². The minimum absolute atomic E-state index is 0.0241. The van der Waals surface area contributed by atoms with Crippen molar-refractivity contribution in [3.8, 4) is 0 Å². The molecular formula is C18H21Cl2FN4O. The van der Waals surface area contributed by atoms with Crippen molar-refractivity contribution < 1.29 is 9.18 Å². The molecule has 1 amide bonds. The van der Waals surface area contributed by atoms with Crippen molar-refractivity contribution >= 4 is 29.1 Å². The van der Waals surface area contributed by atoms with Crippen LogP contribution in [0.4, 0.5) is 4.39 Å². The Bertz CT molecular complexity index is 767. The van der Waals surface area contributed by atoms with Crippen molar-refractivity contribution in [1.82, 2.24) is 20.2 Å². The fraction of sp³-hybridized carbons (Fsp3) is 0.444. The number of nitrogens with zero attached hydrogens (tertiary/aromatic N) is 2. The van der Waals surface area contributed by atoms with Gasteiger partial charge in [0.1, 0.15) is 11.5 Å². The third kappa shape index (κ3) is 4.96. The molecule has 0 saturated carbocycles. The van der Waals surface area contributed by atoms with Crippen LogP contribution in [0.2, 0.25) is 10.0 Å². The number of nitrogens with one attached hydrogen (secondary N) is 2. The van der Waals surface area contributed by atoms with Crippen molar-refractivity contribution in [1.29, 1.82) is 0 Å². The van der Waals surface area contributed by atoms with Crippen molar-refractivity contribution in [2.24, 2.45) is 0 Å². The minimum atomic E-state index is -1.41. The highest BCUT2D eigenvalue weighted by atomic mass is 35.5. The standard InChI is InChI=1S/C18H21Cl2FN4O/c1-12-9-22-16(24-12)10-25-4-2-18(21,3-5-25)11-23-17(26)13-6-14(19)8-15(20)7-13/h6-9H,2-5,10-11H2,1H3,(H,22,24)(H,23,26). The number of benzene rings is 1. The normalized spacial score (nSPS) is 17.2. The van der Waals surface area contributed by atoms with Gasteiger partial charge in [-0.05, 0) is 38.0 Å². The van der Waals surface area contributed by atoms with Gasteiger partial charge < -0.3 is 10.3 Å². The molecule has 5 nitrogen and oxygen atoms in total. The molecule has 0 bridgehead atoms. The SMILES string of the molecule is Cc1c[nH]c(CN2CCC(F)(CNC(=O)c3cc(Cl)cc(Cl)c3)CC2)n1. The molecule has 1 aliphatic rings. The maximum atomic E-state index is 15.0. The summed E-state index contributed by atoms with van der Waals surface area (Å²) in [6.07, 6.45) is 2.59. The van der Waals surface area contributed by atoms with E-state index in [9.17, 15) is 4.79 Å². The summed E-state index contributed by atoms with van der Waals surface area (Å²) in [5, 5.41) is 3.41. The van der Waals surface area contributed by atoms with Crippen LogP contribution in [-0.4, -0.2) is 46.1 Å². The van der Waals surface area contributed by atoms with Gasteiger partial charge in [0.2, 0.25) is 0 Å². The Morgan fingerprint density at radius 2 is 1.96 bits per heavy atom. The molecule has 2 N–H and O–H groups in total. The maximum Gasteiger partial charge on any atom is 0.251 e. The lowest BCUT2D eigenvalue weighted by Gasteiger charge is -2.36. The van der Waals surface area contributed by atoms with Gasteiger partial charge >= 0.3 is 0 Å². The molecule has 2 aromatic rings. The highest BCUT2D eigenvalue weighted by Gasteiger charge is 2.35. The molecule has 8 heteroatoms. The molecule has 0 radical (unpaired) electrons. The van der Waals surface area contributed by atoms with Gasteiger partial charge in [-0.25, -0.2) is 9.37 Å². The average molecular weight is 399 g/mol. The molecule has 1 saturated heterocycles. The molecular weight excluding hydrogens is 378 g/mol. The zero-order chi connectivity index (χ0) is 18.7.